The van der Waals surface area contributed by atoms with Crippen molar-refractivity contribution in [2.45, 2.75) is 33.2 Å². The lowest BCUT2D eigenvalue weighted by molar-refractivity contribution is 0.876. The molecule has 72 valence electrons. The molecule has 0 fully saturated rings. The molecular formula is C9H14ClN3. The molecule has 0 aliphatic carbocycles. The maximum Gasteiger partial charge on any atom is 0.137 e. The van der Waals surface area contributed by atoms with Gasteiger partial charge >= 0.3 is 0 Å². The van der Waals surface area contributed by atoms with E-state index in [1.54, 1.807) is 0 Å². The molecule has 0 saturated heterocycles. The van der Waals surface area contributed by atoms with E-state index < -0.39 is 0 Å². The summed E-state index contributed by atoms with van der Waals surface area (Å²) in [6, 6.07) is 0.358. The van der Waals surface area contributed by atoms with Gasteiger partial charge in [0.25, 0.3) is 0 Å². The summed E-state index contributed by atoms with van der Waals surface area (Å²) in [5.41, 5.74) is 0.984. The first-order chi connectivity index (χ1) is 6.15. The third kappa shape index (κ3) is 2.56. The quantitative estimate of drug-likeness (QED) is 0.761. The number of anilines is 1. The van der Waals surface area contributed by atoms with Crippen LogP contribution in [-0.2, 0) is 6.42 Å². The number of halogens is 1. The maximum absolute atomic E-state index is 5.92. The molecule has 0 bridgehead atoms. The van der Waals surface area contributed by atoms with Crippen LogP contribution in [0.4, 0.5) is 5.82 Å². The van der Waals surface area contributed by atoms with Crippen molar-refractivity contribution in [1.82, 2.24) is 9.97 Å². The number of hydrogen-bond donors (Lipinski definition) is 1. The average molecular weight is 200 g/mol. The lowest BCUT2D eigenvalue weighted by atomic mass is 10.2. The molecule has 0 aliphatic heterocycles. The summed E-state index contributed by atoms with van der Waals surface area (Å²) in [7, 11) is 0. The molecule has 1 heterocycles. The van der Waals surface area contributed by atoms with Crippen LogP contribution in [0.3, 0.4) is 0 Å². The van der Waals surface area contributed by atoms with Gasteiger partial charge in [-0.3, -0.25) is 0 Å². The second kappa shape index (κ2) is 4.42. The molecule has 0 radical (unpaired) electrons. The Morgan fingerprint density at radius 3 is 2.69 bits per heavy atom. The van der Waals surface area contributed by atoms with E-state index in [2.05, 4.69) is 29.1 Å². The standard InChI is InChI=1S/C9H14ClN3/c1-4-7-8(10)11-5-12-9(7)13-6(2)3/h5-6H,4H2,1-3H3,(H,11,12,13). The minimum atomic E-state index is 0.358. The molecule has 4 heteroatoms. The van der Waals surface area contributed by atoms with Crippen molar-refractivity contribution < 1.29 is 0 Å². The fraction of sp³-hybridized carbons (Fsp3) is 0.556. The van der Waals surface area contributed by atoms with Crippen molar-refractivity contribution >= 4 is 17.4 Å². The summed E-state index contributed by atoms with van der Waals surface area (Å²) in [4.78, 5) is 8.08. The third-order valence-electron chi connectivity index (χ3n) is 1.67. The number of rotatable bonds is 3. The predicted molar refractivity (Wildman–Crippen MR) is 55.2 cm³/mol. The molecule has 1 aromatic heterocycles. The molecule has 0 unspecified atom stereocenters. The van der Waals surface area contributed by atoms with E-state index in [9.17, 15) is 0 Å². The summed E-state index contributed by atoms with van der Waals surface area (Å²) in [5.74, 6) is 0.845. The van der Waals surface area contributed by atoms with E-state index >= 15 is 0 Å². The van der Waals surface area contributed by atoms with Gasteiger partial charge in [-0.25, -0.2) is 9.97 Å². The molecule has 0 atom stereocenters. The number of nitrogens with one attached hydrogen (secondary N) is 1. The van der Waals surface area contributed by atoms with Crippen molar-refractivity contribution in [3.05, 3.63) is 17.0 Å². The van der Waals surface area contributed by atoms with Crippen molar-refractivity contribution in [3.63, 3.8) is 0 Å². The molecule has 1 rings (SSSR count). The highest BCUT2D eigenvalue weighted by Gasteiger charge is 2.07. The van der Waals surface area contributed by atoms with Crippen LogP contribution in [0, 0.1) is 0 Å². The zero-order chi connectivity index (χ0) is 9.84. The lowest BCUT2D eigenvalue weighted by Gasteiger charge is -2.12. The van der Waals surface area contributed by atoms with Crippen molar-refractivity contribution in [1.29, 1.82) is 0 Å². The zero-order valence-corrected chi connectivity index (χ0v) is 8.89. The highest BCUT2D eigenvalue weighted by molar-refractivity contribution is 6.30. The van der Waals surface area contributed by atoms with Crippen LogP contribution in [0.15, 0.2) is 6.33 Å². The first kappa shape index (κ1) is 10.3. The number of nitrogens with zero attached hydrogens (tertiary/aromatic N) is 2. The van der Waals surface area contributed by atoms with Crippen LogP contribution < -0.4 is 5.32 Å². The van der Waals surface area contributed by atoms with E-state index in [-0.39, 0.29) is 0 Å². The van der Waals surface area contributed by atoms with E-state index in [0.717, 1.165) is 17.8 Å². The van der Waals surface area contributed by atoms with E-state index in [1.165, 1.54) is 6.33 Å². The van der Waals surface area contributed by atoms with Crippen LogP contribution in [0.1, 0.15) is 26.3 Å². The Balaban J connectivity index is 2.98. The van der Waals surface area contributed by atoms with Gasteiger partial charge in [0, 0.05) is 11.6 Å². The van der Waals surface area contributed by atoms with Gasteiger partial charge in [-0.15, -0.1) is 0 Å². The number of aromatic nitrogens is 2. The molecular weight excluding hydrogens is 186 g/mol. The second-order valence-corrected chi connectivity index (χ2v) is 3.50. The van der Waals surface area contributed by atoms with E-state index in [0.29, 0.717) is 11.2 Å². The monoisotopic (exact) mass is 199 g/mol. The van der Waals surface area contributed by atoms with Gasteiger partial charge in [-0.2, -0.15) is 0 Å². The molecule has 13 heavy (non-hydrogen) atoms. The summed E-state index contributed by atoms with van der Waals surface area (Å²) >= 11 is 5.92. The average Bonchev–Trinajstić information content (AvgIpc) is 2.03. The van der Waals surface area contributed by atoms with Gasteiger partial charge in [0.15, 0.2) is 0 Å². The Morgan fingerprint density at radius 1 is 1.46 bits per heavy atom. The van der Waals surface area contributed by atoms with Gasteiger partial charge in [0.1, 0.15) is 17.3 Å². The Labute approximate surface area is 83.5 Å². The van der Waals surface area contributed by atoms with E-state index in [1.807, 2.05) is 6.92 Å². The summed E-state index contributed by atoms with van der Waals surface area (Å²) in [6.07, 6.45) is 2.32. The van der Waals surface area contributed by atoms with Crippen molar-refractivity contribution in [2.24, 2.45) is 0 Å². The first-order valence-corrected chi connectivity index (χ1v) is 4.78. The molecule has 1 aromatic rings. The summed E-state index contributed by atoms with van der Waals surface area (Å²) in [5, 5.41) is 3.77. The fourth-order valence-electron chi connectivity index (χ4n) is 1.10. The van der Waals surface area contributed by atoms with E-state index in [4.69, 9.17) is 11.6 Å². The smallest absolute Gasteiger partial charge is 0.137 e. The van der Waals surface area contributed by atoms with Crippen LogP contribution in [0.2, 0.25) is 5.15 Å². The van der Waals surface area contributed by atoms with Crippen LogP contribution in [0.25, 0.3) is 0 Å². The van der Waals surface area contributed by atoms with Crippen LogP contribution in [0.5, 0.6) is 0 Å². The Bertz CT molecular complexity index is 286. The summed E-state index contributed by atoms with van der Waals surface area (Å²) in [6.45, 7) is 6.17. The van der Waals surface area contributed by atoms with Gasteiger partial charge < -0.3 is 5.32 Å². The minimum Gasteiger partial charge on any atom is -0.368 e. The normalized spacial score (nSPS) is 10.5. The molecule has 1 N–H and O–H groups in total. The largest absolute Gasteiger partial charge is 0.368 e. The van der Waals surface area contributed by atoms with Gasteiger partial charge in [0.2, 0.25) is 0 Å². The highest BCUT2D eigenvalue weighted by atomic mass is 35.5. The molecule has 0 saturated carbocycles. The molecule has 0 aromatic carbocycles. The molecule has 0 aliphatic rings. The van der Waals surface area contributed by atoms with Gasteiger partial charge in [-0.1, -0.05) is 18.5 Å². The topological polar surface area (TPSA) is 37.8 Å². The maximum atomic E-state index is 5.92. The minimum absolute atomic E-state index is 0.358. The van der Waals surface area contributed by atoms with Gasteiger partial charge in [0.05, 0.1) is 0 Å². The molecule has 0 amide bonds. The first-order valence-electron chi connectivity index (χ1n) is 4.41. The SMILES string of the molecule is CCc1c(Cl)ncnc1NC(C)C. The fourth-order valence-corrected chi connectivity index (χ4v) is 1.37. The predicted octanol–water partition coefficient (Wildman–Crippen LogP) is 2.51. The summed E-state index contributed by atoms with van der Waals surface area (Å²) < 4.78 is 0. The van der Waals surface area contributed by atoms with Crippen molar-refractivity contribution in [2.75, 3.05) is 5.32 Å². The third-order valence-corrected chi connectivity index (χ3v) is 2.00. The molecule has 3 nitrogen and oxygen atoms in total. The van der Waals surface area contributed by atoms with Crippen LogP contribution >= 0.6 is 11.6 Å². The lowest BCUT2D eigenvalue weighted by Crippen LogP contribution is -2.13. The number of hydrogen-bond acceptors (Lipinski definition) is 3. The highest BCUT2D eigenvalue weighted by Crippen LogP contribution is 2.20. The molecule has 0 spiro atoms. The Morgan fingerprint density at radius 2 is 2.15 bits per heavy atom. The Hall–Kier alpha value is -0.830. The second-order valence-electron chi connectivity index (χ2n) is 3.14. The van der Waals surface area contributed by atoms with Gasteiger partial charge in [-0.05, 0) is 20.3 Å². The van der Waals surface area contributed by atoms with Crippen molar-refractivity contribution in [3.8, 4) is 0 Å². The Kier molecular flexibility index (Phi) is 3.48. The zero-order valence-electron chi connectivity index (χ0n) is 8.13. The van der Waals surface area contributed by atoms with Crippen LogP contribution in [-0.4, -0.2) is 16.0 Å².